The molecule has 14 heavy (non-hydrogen) atoms. The molecule has 0 aliphatic heterocycles. The summed E-state index contributed by atoms with van der Waals surface area (Å²) in [6, 6.07) is -0.421. The monoisotopic (exact) mass is 215 g/mol. The molecule has 0 N–H and O–H groups in total. The molecule has 0 saturated carbocycles. The Morgan fingerprint density at radius 3 is 1.64 bits per heavy atom. The fraction of sp³-hybridized carbons (Fsp3) is 1.00. The molecule has 0 radical (unpaired) electrons. The van der Waals surface area contributed by atoms with Crippen LogP contribution in [-0.4, -0.2) is 29.4 Å². The van der Waals surface area contributed by atoms with E-state index in [-0.39, 0.29) is 30.9 Å². The van der Waals surface area contributed by atoms with E-state index in [1.54, 1.807) is 13.8 Å². The summed E-state index contributed by atoms with van der Waals surface area (Å²) in [5, 5.41) is 0. The van der Waals surface area contributed by atoms with Crippen LogP contribution in [0.5, 0.6) is 0 Å². The first-order chi connectivity index (χ1) is 5.84. The summed E-state index contributed by atoms with van der Waals surface area (Å²) < 4.78 is 33.8. The van der Waals surface area contributed by atoms with Crippen molar-refractivity contribution in [2.75, 3.05) is 0 Å². The molecule has 80 valence electrons. The summed E-state index contributed by atoms with van der Waals surface area (Å²) in [6.07, 6.45) is 1.35. The Balaban J connectivity index is 0. The minimum absolute atomic E-state index is 0. The maximum Gasteiger partial charge on any atom is 1.00 e. The second-order valence-electron chi connectivity index (χ2n) is 3.35. The van der Waals surface area contributed by atoms with E-state index >= 15 is 0 Å². The SMILES string of the molecule is CCC(CC)N(C(C)C)S(=O)(=O)[O-].[Li+]. The predicted octanol–water partition coefficient (Wildman–Crippen LogP) is -1.65. The van der Waals surface area contributed by atoms with Crippen molar-refractivity contribution in [3.8, 4) is 0 Å². The quantitative estimate of drug-likeness (QED) is 0.408. The zero-order valence-electron chi connectivity index (χ0n) is 9.65. The van der Waals surface area contributed by atoms with Gasteiger partial charge in [-0.2, -0.15) is 0 Å². The first-order valence-electron chi connectivity index (χ1n) is 4.58. The first kappa shape index (κ1) is 16.9. The molecule has 0 saturated heterocycles. The Labute approximate surface area is 99.1 Å². The Bertz CT molecular complexity index is 237. The summed E-state index contributed by atoms with van der Waals surface area (Å²) in [6.45, 7) is 7.20. The molecular formula is C8H18LiNO3S. The van der Waals surface area contributed by atoms with Crippen LogP contribution in [0.15, 0.2) is 0 Å². The van der Waals surface area contributed by atoms with Crippen LogP contribution in [0.25, 0.3) is 0 Å². The number of hydrogen-bond acceptors (Lipinski definition) is 3. The number of nitrogens with zero attached hydrogens (tertiary/aromatic N) is 1. The van der Waals surface area contributed by atoms with Crippen LogP contribution in [0, 0.1) is 0 Å². The van der Waals surface area contributed by atoms with E-state index < -0.39 is 10.3 Å². The van der Waals surface area contributed by atoms with Crippen molar-refractivity contribution >= 4 is 10.3 Å². The average molecular weight is 215 g/mol. The zero-order chi connectivity index (χ0) is 10.6. The van der Waals surface area contributed by atoms with E-state index in [9.17, 15) is 13.0 Å². The molecule has 0 aliphatic rings. The van der Waals surface area contributed by atoms with Crippen molar-refractivity contribution < 1.29 is 31.8 Å². The summed E-state index contributed by atoms with van der Waals surface area (Å²) in [5.41, 5.74) is 0. The predicted molar refractivity (Wildman–Crippen MR) is 51.0 cm³/mol. The average Bonchev–Trinajstić information content (AvgIpc) is 1.96. The molecule has 4 nitrogen and oxygen atoms in total. The van der Waals surface area contributed by atoms with Crippen LogP contribution in [0.3, 0.4) is 0 Å². The van der Waals surface area contributed by atoms with Gasteiger partial charge in [-0.1, -0.05) is 13.8 Å². The Morgan fingerprint density at radius 1 is 1.21 bits per heavy atom. The maximum atomic E-state index is 10.9. The molecule has 0 atom stereocenters. The molecule has 0 aromatic rings. The largest absolute Gasteiger partial charge is 1.00 e. The van der Waals surface area contributed by atoms with Gasteiger partial charge in [-0.05, 0) is 26.7 Å². The van der Waals surface area contributed by atoms with Crippen molar-refractivity contribution in [2.24, 2.45) is 0 Å². The van der Waals surface area contributed by atoms with E-state index in [4.69, 9.17) is 0 Å². The second-order valence-corrected chi connectivity index (χ2v) is 4.63. The van der Waals surface area contributed by atoms with Gasteiger partial charge in [-0.3, -0.25) is 0 Å². The van der Waals surface area contributed by atoms with Gasteiger partial charge in [-0.15, -0.1) is 0 Å². The number of rotatable bonds is 5. The third-order valence-electron chi connectivity index (χ3n) is 2.07. The molecule has 0 bridgehead atoms. The van der Waals surface area contributed by atoms with Gasteiger partial charge in [0.25, 0.3) is 0 Å². The Hall–Kier alpha value is 0.467. The minimum Gasteiger partial charge on any atom is -0.735 e. The van der Waals surface area contributed by atoms with E-state index in [2.05, 4.69) is 0 Å². The molecule has 0 aromatic carbocycles. The van der Waals surface area contributed by atoms with Gasteiger partial charge in [0.1, 0.15) is 0 Å². The third-order valence-corrected chi connectivity index (χ3v) is 3.31. The molecule has 0 heterocycles. The first-order valence-corrected chi connectivity index (χ1v) is 5.95. The summed E-state index contributed by atoms with van der Waals surface area (Å²) in [5.74, 6) is 0. The topological polar surface area (TPSA) is 60.4 Å². The van der Waals surface area contributed by atoms with Crippen molar-refractivity contribution in [1.82, 2.24) is 4.31 Å². The van der Waals surface area contributed by atoms with Crippen molar-refractivity contribution in [3.05, 3.63) is 0 Å². The zero-order valence-corrected chi connectivity index (χ0v) is 10.5. The van der Waals surface area contributed by atoms with Crippen LogP contribution in [0.4, 0.5) is 0 Å². The molecule has 6 heteroatoms. The van der Waals surface area contributed by atoms with Crippen molar-refractivity contribution in [2.45, 2.75) is 52.6 Å². The van der Waals surface area contributed by atoms with E-state index in [1.165, 1.54) is 0 Å². The van der Waals surface area contributed by atoms with Crippen LogP contribution in [0.1, 0.15) is 40.5 Å². The number of hydrogen-bond donors (Lipinski definition) is 0. The smallest absolute Gasteiger partial charge is 0.735 e. The van der Waals surface area contributed by atoms with Gasteiger partial charge >= 0.3 is 18.9 Å². The maximum absolute atomic E-state index is 10.9. The van der Waals surface area contributed by atoms with Crippen molar-refractivity contribution in [1.29, 1.82) is 0 Å². The minimum atomic E-state index is -4.30. The molecule has 0 rings (SSSR count). The molecule has 0 unspecified atom stereocenters. The van der Waals surface area contributed by atoms with Gasteiger partial charge < -0.3 is 4.55 Å². The van der Waals surface area contributed by atoms with Gasteiger partial charge in [0.05, 0.1) is 0 Å². The van der Waals surface area contributed by atoms with Crippen LogP contribution >= 0.6 is 0 Å². The van der Waals surface area contributed by atoms with Crippen LogP contribution in [0.2, 0.25) is 0 Å². The third kappa shape index (κ3) is 4.81. The van der Waals surface area contributed by atoms with E-state index in [0.29, 0.717) is 12.8 Å². The van der Waals surface area contributed by atoms with Crippen molar-refractivity contribution in [3.63, 3.8) is 0 Å². The fourth-order valence-electron chi connectivity index (χ4n) is 1.51. The standard InChI is InChI=1S/C8H19NO3S.Li/c1-5-8(6-2)9(7(3)4)13(10,11)12;/h7-8H,5-6H2,1-4H3,(H,10,11,12);/q;+1/p-1. The molecule has 0 aromatic heterocycles. The van der Waals surface area contributed by atoms with Gasteiger partial charge in [0.15, 0.2) is 10.3 Å². The van der Waals surface area contributed by atoms with Crippen LogP contribution < -0.4 is 18.9 Å². The van der Waals surface area contributed by atoms with Gasteiger partial charge in [0, 0.05) is 12.1 Å². The fourth-order valence-corrected chi connectivity index (χ4v) is 2.69. The van der Waals surface area contributed by atoms with Gasteiger partial charge in [-0.25, -0.2) is 12.7 Å². The summed E-state index contributed by atoms with van der Waals surface area (Å²) >= 11 is 0. The second kappa shape index (κ2) is 6.86. The molecule has 0 spiro atoms. The summed E-state index contributed by atoms with van der Waals surface area (Å²) in [4.78, 5) is 0. The van der Waals surface area contributed by atoms with Crippen LogP contribution in [-0.2, 0) is 10.3 Å². The molecule has 0 amide bonds. The van der Waals surface area contributed by atoms with Gasteiger partial charge in [0.2, 0.25) is 0 Å². The molecule has 0 aliphatic carbocycles. The Kier molecular flexibility index (Phi) is 8.27. The Morgan fingerprint density at radius 2 is 1.57 bits per heavy atom. The molecule has 0 fully saturated rings. The van der Waals surface area contributed by atoms with E-state index in [1.807, 2.05) is 13.8 Å². The van der Waals surface area contributed by atoms with E-state index in [0.717, 1.165) is 4.31 Å². The molecular weight excluding hydrogens is 197 g/mol. The summed E-state index contributed by atoms with van der Waals surface area (Å²) in [7, 11) is -4.30. The normalized spacial score (nSPS) is 12.3.